The summed E-state index contributed by atoms with van der Waals surface area (Å²) in [6, 6.07) is 7.72. The SMILES string of the molecule is C/C(=C\c1ccc(OC(F)(F)F)cc1)C(O)(Cc1c[nH]nn1)c1ccc(F)cc1F. The topological polar surface area (TPSA) is 71.0 Å². The van der Waals surface area contributed by atoms with Gasteiger partial charge in [0, 0.05) is 24.2 Å². The number of aromatic nitrogens is 3. The third kappa shape index (κ3) is 5.01. The first-order valence-electron chi connectivity index (χ1n) is 8.65. The Morgan fingerprint density at radius 2 is 1.83 bits per heavy atom. The average Bonchev–Trinajstić information content (AvgIpc) is 3.14. The molecule has 158 valence electrons. The molecule has 0 aliphatic carbocycles. The Balaban J connectivity index is 1.98. The molecule has 0 radical (unpaired) electrons. The van der Waals surface area contributed by atoms with E-state index in [1.54, 1.807) is 0 Å². The van der Waals surface area contributed by atoms with E-state index in [0.29, 0.717) is 17.3 Å². The van der Waals surface area contributed by atoms with Crippen LogP contribution in [0.4, 0.5) is 22.0 Å². The lowest BCUT2D eigenvalue weighted by Crippen LogP contribution is -2.31. The van der Waals surface area contributed by atoms with Gasteiger partial charge in [-0.05, 0) is 42.3 Å². The normalized spacial score (nSPS) is 14.4. The van der Waals surface area contributed by atoms with Gasteiger partial charge in [-0.3, -0.25) is 5.10 Å². The monoisotopic (exact) mass is 425 g/mol. The molecule has 1 atom stereocenters. The number of benzene rings is 2. The van der Waals surface area contributed by atoms with E-state index in [2.05, 4.69) is 20.1 Å². The van der Waals surface area contributed by atoms with E-state index in [9.17, 15) is 27.1 Å². The number of alkyl halides is 3. The number of hydrogen-bond acceptors (Lipinski definition) is 4. The number of halogens is 5. The molecule has 0 bridgehead atoms. The number of rotatable bonds is 6. The molecule has 3 rings (SSSR count). The second-order valence-electron chi connectivity index (χ2n) is 6.57. The summed E-state index contributed by atoms with van der Waals surface area (Å²) < 4.78 is 68.6. The van der Waals surface area contributed by atoms with Crippen LogP contribution in [0.15, 0.2) is 54.2 Å². The lowest BCUT2D eigenvalue weighted by molar-refractivity contribution is -0.274. The zero-order chi connectivity index (χ0) is 21.9. The van der Waals surface area contributed by atoms with Crippen molar-refractivity contribution in [3.05, 3.63) is 82.7 Å². The fourth-order valence-electron chi connectivity index (χ4n) is 2.98. The van der Waals surface area contributed by atoms with Crippen LogP contribution in [-0.2, 0) is 12.0 Å². The van der Waals surface area contributed by atoms with Gasteiger partial charge in [0.1, 0.15) is 23.0 Å². The Hall–Kier alpha value is -3.27. The van der Waals surface area contributed by atoms with Crippen LogP contribution in [0.2, 0.25) is 0 Å². The summed E-state index contributed by atoms with van der Waals surface area (Å²) in [4.78, 5) is 0. The predicted molar refractivity (Wildman–Crippen MR) is 97.1 cm³/mol. The molecule has 1 heterocycles. The number of ether oxygens (including phenoxy) is 1. The van der Waals surface area contributed by atoms with E-state index in [1.165, 1.54) is 31.3 Å². The van der Waals surface area contributed by atoms with E-state index in [0.717, 1.165) is 24.3 Å². The van der Waals surface area contributed by atoms with Crippen molar-refractivity contribution in [1.29, 1.82) is 0 Å². The molecule has 0 aliphatic rings. The molecule has 2 N–H and O–H groups in total. The van der Waals surface area contributed by atoms with E-state index in [4.69, 9.17) is 0 Å². The number of H-pyrrole nitrogens is 1. The van der Waals surface area contributed by atoms with Crippen molar-refractivity contribution in [1.82, 2.24) is 15.4 Å². The second kappa shape index (κ2) is 8.23. The second-order valence-corrected chi connectivity index (χ2v) is 6.57. The summed E-state index contributed by atoms with van der Waals surface area (Å²) >= 11 is 0. The maximum absolute atomic E-state index is 14.5. The fraction of sp³-hybridized carbons (Fsp3) is 0.200. The van der Waals surface area contributed by atoms with Crippen LogP contribution >= 0.6 is 0 Å². The summed E-state index contributed by atoms with van der Waals surface area (Å²) in [5.41, 5.74) is -1.10. The van der Waals surface area contributed by atoms with Gasteiger partial charge in [0.05, 0.1) is 5.69 Å². The van der Waals surface area contributed by atoms with Gasteiger partial charge in [-0.15, -0.1) is 18.3 Å². The number of nitrogens with zero attached hydrogens (tertiary/aromatic N) is 2. The largest absolute Gasteiger partial charge is 0.573 e. The lowest BCUT2D eigenvalue weighted by Gasteiger charge is -2.30. The number of aromatic amines is 1. The molecule has 30 heavy (non-hydrogen) atoms. The van der Waals surface area contributed by atoms with Crippen LogP contribution in [0.3, 0.4) is 0 Å². The van der Waals surface area contributed by atoms with E-state index >= 15 is 0 Å². The van der Waals surface area contributed by atoms with Crippen LogP contribution in [0, 0.1) is 11.6 Å². The number of nitrogens with one attached hydrogen (secondary N) is 1. The molecule has 0 saturated carbocycles. The van der Waals surface area contributed by atoms with Crippen molar-refractivity contribution in [2.75, 3.05) is 0 Å². The van der Waals surface area contributed by atoms with Gasteiger partial charge in [0.2, 0.25) is 0 Å². The van der Waals surface area contributed by atoms with Crippen molar-refractivity contribution in [3.8, 4) is 5.75 Å². The highest BCUT2D eigenvalue weighted by Crippen LogP contribution is 2.36. The molecule has 2 aromatic carbocycles. The van der Waals surface area contributed by atoms with Crippen LogP contribution in [0.25, 0.3) is 6.08 Å². The molecule has 0 saturated heterocycles. The van der Waals surface area contributed by atoms with Crippen LogP contribution in [0.1, 0.15) is 23.7 Å². The van der Waals surface area contributed by atoms with E-state index in [-0.39, 0.29) is 17.6 Å². The summed E-state index contributed by atoms with van der Waals surface area (Å²) in [7, 11) is 0. The molecule has 5 nitrogen and oxygen atoms in total. The van der Waals surface area contributed by atoms with Crippen LogP contribution < -0.4 is 4.74 Å². The van der Waals surface area contributed by atoms with Gasteiger partial charge in [0.15, 0.2) is 0 Å². The number of aliphatic hydroxyl groups is 1. The smallest absolute Gasteiger partial charge is 0.406 e. The van der Waals surface area contributed by atoms with Gasteiger partial charge < -0.3 is 9.84 Å². The molecule has 0 aliphatic heterocycles. The van der Waals surface area contributed by atoms with Crippen LogP contribution in [0.5, 0.6) is 5.75 Å². The Morgan fingerprint density at radius 3 is 2.40 bits per heavy atom. The summed E-state index contributed by atoms with van der Waals surface area (Å²) in [6.45, 7) is 1.52. The maximum atomic E-state index is 14.5. The fourth-order valence-corrected chi connectivity index (χ4v) is 2.98. The Labute approximate surface area is 167 Å². The van der Waals surface area contributed by atoms with Gasteiger partial charge in [-0.1, -0.05) is 23.4 Å². The lowest BCUT2D eigenvalue weighted by atomic mass is 9.82. The molecular formula is C20H16F5N3O2. The Morgan fingerprint density at radius 1 is 1.13 bits per heavy atom. The van der Waals surface area contributed by atoms with Crippen LogP contribution in [-0.4, -0.2) is 26.9 Å². The zero-order valence-corrected chi connectivity index (χ0v) is 15.5. The van der Waals surface area contributed by atoms with E-state index in [1.807, 2.05) is 0 Å². The summed E-state index contributed by atoms with van der Waals surface area (Å²) in [5, 5.41) is 21.2. The van der Waals surface area contributed by atoms with Crippen molar-refractivity contribution in [3.63, 3.8) is 0 Å². The minimum atomic E-state index is -4.81. The van der Waals surface area contributed by atoms with Gasteiger partial charge in [-0.2, -0.15) is 0 Å². The Kier molecular flexibility index (Phi) is 5.88. The average molecular weight is 425 g/mol. The first-order valence-corrected chi connectivity index (χ1v) is 8.65. The van der Waals surface area contributed by atoms with Crippen molar-refractivity contribution >= 4 is 6.08 Å². The highest BCUT2D eigenvalue weighted by atomic mass is 19.4. The molecule has 3 aromatic rings. The van der Waals surface area contributed by atoms with E-state index < -0.39 is 29.3 Å². The Bertz CT molecular complexity index is 1030. The standard InChI is InChI=1S/C20H16F5N3O2/c1-12(8-13-2-5-16(6-3-13)30-20(23,24)25)19(29,10-15-11-26-28-27-15)17-7-4-14(21)9-18(17)22/h2-9,11,29H,10H2,1H3,(H,26,27,28)/b12-8+. The van der Waals surface area contributed by atoms with Crippen molar-refractivity contribution < 1.29 is 31.8 Å². The summed E-state index contributed by atoms with van der Waals surface area (Å²) in [5.74, 6) is -2.16. The molecule has 10 heteroatoms. The van der Waals surface area contributed by atoms with Crippen molar-refractivity contribution in [2.45, 2.75) is 25.3 Å². The first kappa shape index (κ1) is 21.4. The minimum Gasteiger partial charge on any atom is -0.406 e. The highest BCUT2D eigenvalue weighted by molar-refractivity contribution is 5.57. The molecule has 0 fully saturated rings. The first-order chi connectivity index (χ1) is 14.1. The molecule has 1 unspecified atom stereocenters. The number of hydrogen-bond donors (Lipinski definition) is 2. The highest BCUT2D eigenvalue weighted by Gasteiger charge is 2.35. The maximum Gasteiger partial charge on any atom is 0.573 e. The third-order valence-corrected chi connectivity index (χ3v) is 4.43. The summed E-state index contributed by atoms with van der Waals surface area (Å²) in [6.07, 6.45) is -2.10. The predicted octanol–water partition coefficient (Wildman–Crippen LogP) is 4.52. The molecule has 0 amide bonds. The van der Waals surface area contributed by atoms with Gasteiger partial charge in [0.25, 0.3) is 0 Å². The molecular weight excluding hydrogens is 409 g/mol. The van der Waals surface area contributed by atoms with Gasteiger partial charge >= 0.3 is 6.36 Å². The van der Waals surface area contributed by atoms with Gasteiger partial charge in [-0.25, -0.2) is 8.78 Å². The minimum absolute atomic E-state index is 0.177. The quantitative estimate of drug-likeness (QED) is 0.570. The van der Waals surface area contributed by atoms with Crippen molar-refractivity contribution in [2.24, 2.45) is 0 Å². The zero-order valence-electron chi connectivity index (χ0n) is 15.5. The molecule has 1 aromatic heterocycles. The third-order valence-electron chi connectivity index (χ3n) is 4.43. The molecule has 0 spiro atoms.